The third-order valence-corrected chi connectivity index (χ3v) is 2.00. The highest BCUT2D eigenvalue weighted by Gasteiger charge is 1.99. The number of rotatable bonds is 5. The molecular weight excluding hydrogens is 189 g/mol. The molecule has 13 heavy (non-hydrogen) atoms. The van der Waals surface area contributed by atoms with E-state index in [9.17, 15) is 4.39 Å². The Hall–Kier alpha value is -0.580. The lowest BCUT2D eigenvalue weighted by atomic mass is 10.1. The van der Waals surface area contributed by atoms with E-state index in [2.05, 4.69) is 0 Å². The zero-order valence-electron chi connectivity index (χ0n) is 7.20. The van der Waals surface area contributed by atoms with Crippen LogP contribution < -0.4 is 5.14 Å². The zero-order valence-corrected chi connectivity index (χ0v) is 8.02. The molecule has 0 aliphatic heterocycles. The summed E-state index contributed by atoms with van der Waals surface area (Å²) in [6, 6.07) is 6.76. The maximum absolute atomic E-state index is 13.0. The first-order valence-corrected chi connectivity index (χ1v) is 4.87. The number of hydrogen-bond donors (Lipinski definition) is 1. The van der Waals surface area contributed by atoms with E-state index in [1.54, 1.807) is 12.1 Å². The Morgan fingerprint density at radius 2 is 2.15 bits per heavy atom. The summed E-state index contributed by atoms with van der Waals surface area (Å²) in [4.78, 5) is 0. The van der Waals surface area contributed by atoms with Crippen LogP contribution in [0.5, 0.6) is 0 Å². The fourth-order valence-electron chi connectivity index (χ4n) is 1.07. The van der Waals surface area contributed by atoms with Gasteiger partial charge in [0.2, 0.25) is 0 Å². The van der Waals surface area contributed by atoms with Crippen LogP contribution in [0.4, 0.5) is 4.39 Å². The van der Waals surface area contributed by atoms with E-state index >= 15 is 0 Å². The summed E-state index contributed by atoms with van der Waals surface area (Å²) in [6.45, 7) is 0.551. The molecule has 0 aliphatic carbocycles. The highest BCUT2D eigenvalue weighted by atomic mass is 32.2. The Labute approximate surface area is 81.6 Å². The lowest BCUT2D eigenvalue weighted by Crippen LogP contribution is -1.95. The summed E-state index contributed by atoms with van der Waals surface area (Å²) in [5.41, 5.74) is 0.730. The predicted molar refractivity (Wildman–Crippen MR) is 52.5 cm³/mol. The van der Waals surface area contributed by atoms with Crippen molar-refractivity contribution in [1.29, 1.82) is 0 Å². The van der Waals surface area contributed by atoms with Crippen LogP contribution >= 0.6 is 12.2 Å². The van der Waals surface area contributed by atoms with Crippen LogP contribution in [-0.2, 0) is 10.6 Å². The lowest BCUT2D eigenvalue weighted by molar-refractivity contribution is 0.364. The zero-order chi connectivity index (χ0) is 9.52. The fraction of sp³-hybridized carbons (Fsp3) is 0.333. The third-order valence-electron chi connectivity index (χ3n) is 1.70. The molecule has 0 saturated heterocycles. The van der Waals surface area contributed by atoms with Gasteiger partial charge in [0.1, 0.15) is 5.82 Å². The Balaban J connectivity index is 2.32. The molecule has 0 aliphatic rings. The number of halogens is 1. The van der Waals surface area contributed by atoms with E-state index in [0.29, 0.717) is 13.0 Å². The van der Waals surface area contributed by atoms with Crippen LogP contribution in [0.2, 0.25) is 0 Å². The van der Waals surface area contributed by atoms with Crippen LogP contribution in [0.1, 0.15) is 12.0 Å². The molecule has 4 heteroatoms. The topological polar surface area (TPSA) is 35.2 Å². The standard InChI is InChI=1S/C9H12FNOS/c10-9-6-2-1-4-8(9)5-3-7-12-13-11/h1-2,4,6H,3,5,7,11H2. The quantitative estimate of drug-likeness (QED) is 0.451. The second-order valence-electron chi connectivity index (χ2n) is 2.61. The van der Waals surface area contributed by atoms with E-state index < -0.39 is 0 Å². The SMILES string of the molecule is NSOCCCc1ccccc1F. The van der Waals surface area contributed by atoms with Gasteiger partial charge in [0.05, 0.1) is 18.8 Å². The van der Waals surface area contributed by atoms with Gasteiger partial charge in [0.25, 0.3) is 0 Å². The van der Waals surface area contributed by atoms with Crippen LogP contribution in [-0.4, -0.2) is 6.61 Å². The van der Waals surface area contributed by atoms with Crippen LogP contribution in [0.15, 0.2) is 24.3 Å². The van der Waals surface area contributed by atoms with Crippen molar-refractivity contribution in [3.63, 3.8) is 0 Å². The Bertz CT molecular complexity index is 257. The third kappa shape index (κ3) is 3.76. The van der Waals surface area contributed by atoms with Crippen molar-refractivity contribution in [1.82, 2.24) is 0 Å². The molecule has 1 rings (SSSR count). The minimum atomic E-state index is -0.150. The molecule has 0 spiro atoms. The van der Waals surface area contributed by atoms with Crippen molar-refractivity contribution in [2.45, 2.75) is 12.8 Å². The summed E-state index contributed by atoms with van der Waals surface area (Å²) in [7, 11) is 0. The van der Waals surface area contributed by atoms with Crippen molar-refractivity contribution in [3.05, 3.63) is 35.6 Å². The minimum Gasteiger partial charge on any atom is -0.301 e. The predicted octanol–water partition coefficient (Wildman–Crippen LogP) is 2.30. The molecule has 2 nitrogen and oxygen atoms in total. The average molecular weight is 201 g/mol. The minimum absolute atomic E-state index is 0.150. The smallest absolute Gasteiger partial charge is 0.126 e. The second-order valence-corrected chi connectivity index (χ2v) is 3.04. The Morgan fingerprint density at radius 1 is 1.38 bits per heavy atom. The molecule has 0 fully saturated rings. The van der Waals surface area contributed by atoms with Crippen molar-refractivity contribution in [3.8, 4) is 0 Å². The Kier molecular flexibility index (Phi) is 4.82. The van der Waals surface area contributed by atoms with Gasteiger partial charge < -0.3 is 4.18 Å². The molecule has 0 aromatic heterocycles. The molecule has 0 bridgehead atoms. The summed E-state index contributed by atoms with van der Waals surface area (Å²) >= 11 is 0.847. The van der Waals surface area contributed by atoms with E-state index in [-0.39, 0.29) is 5.82 Å². The molecule has 0 heterocycles. The fourth-order valence-corrected chi connectivity index (χ4v) is 1.28. The van der Waals surface area contributed by atoms with E-state index in [1.165, 1.54) is 6.07 Å². The molecule has 0 atom stereocenters. The normalized spacial score (nSPS) is 10.3. The van der Waals surface area contributed by atoms with Crippen LogP contribution in [0, 0.1) is 5.82 Å². The molecule has 2 N–H and O–H groups in total. The number of hydrogen-bond acceptors (Lipinski definition) is 3. The monoisotopic (exact) mass is 201 g/mol. The van der Waals surface area contributed by atoms with Gasteiger partial charge in [-0.2, -0.15) is 0 Å². The molecule has 1 aromatic rings. The van der Waals surface area contributed by atoms with Gasteiger partial charge in [-0.15, -0.1) is 0 Å². The number of nitrogens with two attached hydrogens (primary N) is 1. The van der Waals surface area contributed by atoms with Gasteiger partial charge in [0, 0.05) is 0 Å². The summed E-state index contributed by atoms with van der Waals surface area (Å²) in [5.74, 6) is -0.150. The summed E-state index contributed by atoms with van der Waals surface area (Å²) < 4.78 is 17.9. The van der Waals surface area contributed by atoms with Crippen LogP contribution in [0.3, 0.4) is 0 Å². The van der Waals surface area contributed by atoms with Crippen molar-refractivity contribution >= 4 is 12.2 Å². The molecular formula is C9H12FNOS. The Morgan fingerprint density at radius 3 is 2.85 bits per heavy atom. The first-order valence-electron chi connectivity index (χ1n) is 4.06. The van der Waals surface area contributed by atoms with E-state index in [1.807, 2.05) is 6.07 Å². The van der Waals surface area contributed by atoms with Crippen molar-refractivity contribution < 1.29 is 8.57 Å². The molecule has 0 amide bonds. The number of benzene rings is 1. The largest absolute Gasteiger partial charge is 0.301 e. The van der Waals surface area contributed by atoms with Crippen molar-refractivity contribution in [2.24, 2.45) is 5.14 Å². The van der Waals surface area contributed by atoms with Gasteiger partial charge >= 0.3 is 0 Å². The lowest BCUT2D eigenvalue weighted by Gasteiger charge is -2.01. The van der Waals surface area contributed by atoms with Crippen LogP contribution in [0.25, 0.3) is 0 Å². The van der Waals surface area contributed by atoms with E-state index in [4.69, 9.17) is 9.32 Å². The maximum Gasteiger partial charge on any atom is 0.126 e. The summed E-state index contributed by atoms with van der Waals surface area (Å²) in [5, 5.41) is 5.06. The second kappa shape index (κ2) is 5.96. The van der Waals surface area contributed by atoms with E-state index in [0.717, 1.165) is 24.2 Å². The maximum atomic E-state index is 13.0. The summed E-state index contributed by atoms with van der Waals surface area (Å²) in [6.07, 6.45) is 1.47. The number of aryl methyl sites for hydroxylation is 1. The first kappa shape index (κ1) is 10.5. The van der Waals surface area contributed by atoms with Gasteiger partial charge in [0.15, 0.2) is 0 Å². The molecule has 0 radical (unpaired) electrons. The molecule has 0 saturated carbocycles. The average Bonchev–Trinajstić information content (AvgIpc) is 2.15. The van der Waals surface area contributed by atoms with Gasteiger partial charge in [-0.25, -0.2) is 4.39 Å². The molecule has 1 aromatic carbocycles. The first-order chi connectivity index (χ1) is 6.34. The van der Waals surface area contributed by atoms with Gasteiger partial charge in [-0.1, -0.05) is 18.2 Å². The van der Waals surface area contributed by atoms with Gasteiger partial charge in [-0.3, -0.25) is 5.14 Å². The highest BCUT2D eigenvalue weighted by molar-refractivity contribution is 7.92. The highest BCUT2D eigenvalue weighted by Crippen LogP contribution is 2.09. The van der Waals surface area contributed by atoms with Gasteiger partial charge in [-0.05, 0) is 24.5 Å². The molecule has 0 unspecified atom stereocenters. The molecule has 72 valence electrons. The van der Waals surface area contributed by atoms with Crippen molar-refractivity contribution in [2.75, 3.05) is 6.61 Å².